The number of benzene rings is 2. The Bertz CT molecular complexity index is 1290. The molecule has 2 heterocycles. The van der Waals surface area contributed by atoms with Crippen LogP contribution in [-0.4, -0.2) is 0 Å². The van der Waals surface area contributed by atoms with Crippen LogP contribution < -0.4 is 9.13 Å². The van der Waals surface area contributed by atoms with Crippen LogP contribution in [0.3, 0.4) is 0 Å². The molecule has 33 heavy (non-hydrogen) atoms. The van der Waals surface area contributed by atoms with Gasteiger partial charge >= 0.3 is 0 Å². The third kappa shape index (κ3) is 4.51. The SMILES string of the molecule is Cc1cc(F)cc(F)c1-c1cccc[n+]1CC(C)[n+]1ccccc1-c1c(C)cc(F)cc1F. The molecule has 0 saturated heterocycles. The molecule has 0 spiro atoms. The van der Waals surface area contributed by atoms with Crippen molar-refractivity contribution in [1.82, 2.24) is 0 Å². The van der Waals surface area contributed by atoms with Gasteiger partial charge in [0.2, 0.25) is 24.0 Å². The molecule has 0 aliphatic heterocycles. The molecular weight excluding hydrogens is 428 g/mol. The molecule has 0 radical (unpaired) electrons. The van der Waals surface area contributed by atoms with E-state index in [-0.39, 0.29) is 6.04 Å². The summed E-state index contributed by atoms with van der Waals surface area (Å²) in [4.78, 5) is 0. The molecule has 4 rings (SSSR count). The molecule has 0 aliphatic rings. The number of pyridine rings is 2. The Morgan fingerprint density at radius 2 is 1.21 bits per heavy atom. The Morgan fingerprint density at radius 1 is 0.697 bits per heavy atom. The normalized spacial score (nSPS) is 12.1. The van der Waals surface area contributed by atoms with Gasteiger partial charge in [-0.3, -0.25) is 0 Å². The molecule has 2 nitrogen and oxygen atoms in total. The van der Waals surface area contributed by atoms with Gasteiger partial charge in [0, 0.05) is 43.3 Å². The lowest BCUT2D eigenvalue weighted by Crippen LogP contribution is -2.49. The van der Waals surface area contributed by atoms with Crippen LogP contribution in [0.2, 0.25) is 0 Å². The predicted molar refractivity (Wildman–Crippen MR) is 118 cm³/mol. The number of hydrogen-bond acceptors (Lipinski definition) is 0. The van der Waals surface area contributed by atoms with Crippen LogP contribution in [0.15, 0.2) is 73.1 Å². The standard InChI is InChI=1S/C27H24F4N2/c1-17-12-20(28)14-22(30)26(17)24-8-4-6-10-32(24)16-19(3)33-11-7-5-9-25(33)27-18(2)13-21(29)15-23(27)31/h4-15,19H,16H2,1-3H3/q+2. The van der Waals surface area contributed by atoms with Crippen LogP contribution in [0.5, 0.6) is 0 Å². The van der Waals surface area contributed by atoms with E-state index in [1.807, 2.05) is 40.6 Å². The molecule has 4 aromatic rings. The maximum absolute atomic E-state index is 14.7. The first-order valence-electron chi connectivity index (χ1n) is 10.7. The minimum absolute atomic E-state index is 0.167. The average molecular weight is 452 g/mol. The molecule has 1 atom stereocenters. The zero-order chi connectivity index (χ0) is 23.7. The molecule has 6 heteroatoms. The van der Waals surface area contributed by atoms with Crippen molar-refractivity contribution in [2.75, 3.05) is 0 Å². The van der Waals surface area contributed by atoms with Crippen LogP contribution in [0.1, 0.15) is 24.1 Å². The molecule has 0 fully saturated rings. The highest BCUT2D eigenvalue weighted by Crippen LogP contribution is 2.27. The van der Waals surface area contributed by atoms with E-state index in [1.54, 1.807) is 38.1 Å². The number of aromatic nitrogens is 2. The van der Waals surface area contributed by atoms with Crippen molar-refractivity contribution in [3.05, 3.63) is 107 Å². The Hall–Kier alpha value is -3.54. The van der Waals surface area contributed by atoms with E-state index in [1.165, 1.54) is 12.1 Å². The van der Waals surface area contributed by atoms with E-state index in [2.05, 4.69) is 0 Å². The van der Waals surface area contributed by atoms with Crippen LogP contribution in [0.25, 0.3) is 22.5 Å². The maximum Gasteiger partial charge on any atom is 0.216 e. The first kappa shape index (κ1) is 22.6. The lowest BCUT2D eigenvalue weighted by Gasteiger charge is -2.13. The van der Waals surface area contributed by atoms with Crippen LogP contribution >= 0.6 is 0 Å². The molecular formula is C27H24F4N2+2. The van der Waals surface area contributed by atoms with Crippen molar-refractivity contribution in [2.24, 2.45) is 0 Å². The number of rotatable bonds is 5. The van der Waals surface area contributed by atoms with Crippen molar-refractivity contribution in [2.45, 2.75) is 33.4 Å². The van der Waals surface area contributed by atoms with Crippen molar-refractivity contribution < 1.29 is 26.7 Å². The summed E-state index contributed by atoms with van der Waals surface area (Å²) in [5.74, 6) is -2.50. The van der Waals surface area contributed by atoms with Crippen LogP contribution in [0, 0.1) is 37.1 Å². The molecule has 1 unspecified atom stereocenters. The molecule has 168 valence electrons. The van der Waals surface area contributed by atoms with E-state index >= 15 is 0 Å². The molecule has 0 saturated carbocycles. The highest BCUT2D eigenvalue weighted by molar-refractivity contribution is 5.62. The number of aryl methyl sites for hydroxylation is 2. The van der Waals surface area contributed by atoms with E-state index < -0.39 is 23.3 Å². The topological polar surface area (TPSA) is 7.76 Å². The molecule has 0 bridgehead atoms. The summed E-state index contributed by atoms with van der Waals surface area (Å²) < 4.78 is 60.6. The number of nitrogens with zero attached hydrogens (tertiary/aromatic N) is 2. The first-order chi connectivity index (χ1) is 15.8. The molecule has 0 aliphatic carbocycles. The summed E-state index contributed by atoms with van der Waals surface area (Å²) in [7, 11) is 0. The zero-order valence-electron chi connectivity index (χ0n) is 18.6. The molecule has 2 aromatic carbocycles. The smallest absolute Gasteiger partial charge is 0.207 e. The van der Waals surface area contributed by atoms with Gasteiger partial charge in [0.1, 0.15) is 23.3 Å². The van der Waals surface area contributed by atoms with Gasteiger partial charge < -0.3 is 0 Å². The van der Waals surface area contributed by atoms with Crippen LogP contribution in [-0.2, 0) is 6.54 Å². The van der Waals surface area contributed by atoms with Gasteiger partial charge in [-0.2, -0.15) is 9.13 Å². The Kier molecular flexibility index (Phi) is 6.27. The second kappa shape index (κ2) is 9.14. The number of halogens is 4. The fourth-order valence-electron chi connectivity index (χ4n) is 4.34. The lowest BCUT2D eigenvalue weighted by atomic mass is 10.0. The summed E-state index contributed by atoms with van der Waals surface area (Å²) in [6, 6.07) is 15.1. The minimum Gasteiger partial charge on any atom is -0.207 e. The Balaban J connectivity index is 1.77. The van der Waals surface area contributed by atoms with Gasteiger partial charge in [-0.15, -0.1) is 0 Å². The van der Waals surface area contributed by atoms with Gasteiger partial charge in [-0.25, -0.2) is 17.6 Å². The fraction of sp³-hybridized carbons (Fsp3) is 0.185. The van der Waals surface area contributed by atoms with Crippen molar-refractivity contribution in [3.63, 3.8) is 0 Å². The van der Waals surface area contributed by atoms with Gasteiger partial charge in [-0.05, 0) is 49.2 Å². The highest BCUT2D eigenvalue weighted by Gasteiger charge is 2.28. The largest absolute Gasteiger partial charge is 0.216 e. The summed E-state index contributed by atoms with van der Waals surface area (Å²) in [6.07, 6.45) is 3.68. The van der Waals surface area contributed by atoms with Crippen molar-refractivity contribution in [1.29, 1.82) is 0 Å². The predicted octanol–water partition coefficient (Wildman–Crippen LogP) is 6.03. The van der Waals surface area contributed by atoms with Gasteiger partial charge in [0.05, 0.1) is 11.1 Å². The summed E-state index contributed by atoms with van der Waals surface area (Å²) >= 11 is 0. The van der Waals surface area contributed by atoms with Crippen LogP contribution in [0.4, 0.5) is 17.6 Å². The second-order valence-electron chi connectivity index (χ2n) is 8.24. The third-order valence-corrected chi connectivity index (χ3v) is 5.78. The average Bonchev–Trinajstić information content (AvgIpc) is 2.74. The van der Waals surface area contributed by atoms with E-state index in [4.69, 9.17) is 0 Å². The summed E-state index contributed by atoms with van der Waals surface area (Å²) in [5, 5.41) is 0. The van der Waals surface area contributed by atoms with E-state index in [9.17, 15) is 17.6 Å². The lowest BCUT2D eigenvalue weighted by molar-refractivity contribution is -0.786. The van der Waals surface area contributed by atoms with E-state index in [0.717, 1.165) is 12.1 Å². The fourth-order valence-corrected chi connectivity index (χ4v) is 4.34. The maximum atomic E-state index is 14.7. The van der Waals surface area contributed by atoms with Crippen molar-refractivity contribution >= 4 is 0 Å². The molecule has 0 N–H and O–H groups in total. The van der Waals surface area contributed by atoms with E-state index in [0.29, 0.717) is 40.2 Å². The van der Waals surface area contributed by atoms with Gasteiger partial charge in [-0.1, -0.05) is 0 Å². The van der Waals surface area contributed by atoms with Gasteiger partial charge in [0.25, 0.3) is 0 Å². The monoisotopic (exact) mass is 452 g/mol. The molecule has 2 aromatic heterocycles. The van der Waals surface area contributed by atoms with Gasteiger partial charge in [0.15, 0.2) is 12.4 Å². The Morgan fingerprint density at radius 3 is 1.79 bits per heavy atom. The second-order valence-corrected chi connectivity index (χ2v) is 8.24. The summed E-state index contributed by atoms with van der Waals surface area (Å²) in [6.45, 7) is 5.76. The Labute approximate surface area is 190 Å². The number of hydrogen-bond donors (Lipinski definition) is 0. The summed E-state index contributed by atoms with van der Waals surface area (Å²) in [5.41, 5.74) is 2.89. The zero-order valence-corrected chi connectivity index (χ0v) is 18.6. The quantitative estimate of drug-likeness (QED) is 0.258. The highest BCUT2D eigenvalue weighted by atomic mass is 19.1. The minimum atomic E-state index is -0.628. The first-order valence-corrected chi connectivity index (χ1v) is 10.7. The third-order valence-electron chi connectivity index (χ3n) is 5.78. The van der Waals surface area contributed by atoms with Crippen molar-refractivity contribution in [3.8, 4) is 22.5 Å². The molecule has 0 amide bonds.